The highest BCUT2D eigenvalue weighted by Gasteiger charge is 2.46. The number of rotatable bonds is 21. The monoisotopic (exact) mass is 761 g/mol. The maximum absolute atomic E-state index is 14.4. The molecule has 0 saturated carbocycles. The second-order valence-corrected chi connectivity index (χ2v) is 16.1. The number of nitrogens with two attached hydrogens (primary N) is 1. The van der Waals surface area contributed by atoms with Gasteiger partial charge in [-0.1, -0.05) is 85.2 Å². The maximum Gasteiger partial charge on any atom is 0.245 e. The molecule has 1 aliphatic heterocycles. The van der Waals surface area contributed by atoms with Crippen molar-refractivity contribution in [1.29, 1.82) is 0 Å². The van der Waals surface area contributed by atoms with E-state index in [0.29, 0.717) is 13.0 Å². The molecule has 0 spiro atoms. The van der Waals surface area contributed by atoms with Crippen molar-refractivity contribution >= 4 is 23.6 Å². The summed E-state index contributed by atoms with van der Waals surface area (Å²) < 4.78 is 17.8. The number of carbonyl (C=O) groups excluding carboxylic acids is 4. The summed E-state index contributed by atoms with van der Waals surface area (Å²) in [6, 6.07) is 6.78. The predicted molar refractivity (Wildman–Crippen MR) is 212 cm³/mol. The van der Waals surface area contributed by atoms with Crippen molar-refractivity contribution in [3.05, 3.63) is 35.9 Å². The van der Waals surface area contributed by atoms with Crippen LogP contribution >= 0.6 is 0 Å². The molecule has 13 nitrogen and oxygen atoms in total. The molecule has 308 valence electrons. The molecule has 1 aliphatic rings. The summed E-state index contributed by atoms with van der Waals surface area (Å²) in [4.78, 5) is 61.0. The second kappa shape index (κ2) is 21.8. The summed E-state index contributed by atoms with van der Waals surface area (Å²) in [7, 11) is 10.2. The van der Waals surface area contributed by atoms with Gasteiger partial charge in [0, 0.05) is 47.0 Å². The minimum absolute atomic E-state index is 0.00913. The van der Waals surface area contributed by atoms with E-state index in [0.717, 1.165) is 12.0 Å². The Hall–Kier alpha value is -3.10. The number of likely N-dealkylation sites (N-methyl/N-ethyl adjacent to an activating group) is 2. The maximum atomic E-state index is 14.4. The summed E-state index contributed by atoms with van der Waals surface area (Å²) in [5.74, 6) is -1.64. The first-order chi connectivity index (χ1) is 25.4. The Kier molecular flexibility index (Phi) is 19.0. The van der Waals surface area contributed by atoms with Crippen molar-refractivity contribution < 1.29 is 33.4 Å². The van der Waals surface area contributed by atoms with Gasteiger partial charge in [0.05, 0.1) is 48.8 Å². The van der Waals surface area contributed by atoms with Gasteiger partial charge in [0.2, 0.25) is 23.6 Å². The molecule has 0 bridgehead atoms. The fourth-order valence-corrected chi connectivity index (χ4v) is 7.97. The minimum atomic E-state index is -0.769. The summed E-state index contributed by atoms with van der Waals surface area (Å²) in [6.45, 7) is 15.9. The number of methoxy groups -OCH3 is 3. The Bertz CT molecular complexity index is 1320. The molecule has 4 unspecified atom stereocenters. The molecule has 2 rings (SSSR count). The molecule has 1 aromatic rings. The highest BCUT2D eigenvalue weighted by Crippen LogP contribution is 2.31. The zero-order chi connectivity index (χ0) is 41.0. The quantitative estimate of drug-likeness (QED) is 0.171. The SMILES string of the molecule is CCC(C)[C@@H]([C@@H](CC(=O)N1CC(OC)C[C@H]1[C@H](OC)[C@@H](C)C(=O)N[C@H](C)C(N)c1ccccc1)OC)N(C)C(=O)C(NC(=O)[C@H](C(C)C)N(C)C)C(C)C. The number of benzene rings is 1. The van der Waals surface area contributed by atoms with Gasteiger partial charge in [-0.05, 0) is 50.8 Å². The van der Waals surface area contributed by atoms with E-state index in [1.165, 1.54) is 0 Å². The molecular weight excluding hydrogens is 688 g/mol. The van der Waals surface area contributed by atoms with Crippen molar-refractivity contribution in [2.75, 3.05) is 49.0 Å². The second-order valence-electron chi connectivity index (χ2n) is 16.1. The topological polar surface area (TPSA) is 156 Å². The van der Waals surface area contributed by atoms with E-state index in [1.54, 1.807) is 45.1 Å². The molecule has 54 heavy (non-hydrogen) atoms. The first-order valence-corrected chi connectivity index (χ1v) is 19.6. The minimum Gasteiger partial charge on any atom is -0.380 e. The van der Waals surface area contributed by atoms with Crippen LogP contribution in [-0.2, 0) is 33.4 Å². The van der Waals surface area contributed by atoms with Crippen LogP contribution in [0.1, 0.15) is 86.3 Å². The van der Waals surface area contributed by atoms with Gasteiger partial charge in [-0.2, -0.15) is 0 Å². The van der Waals surface area contributed by atoms with Gasteiger partial charge in [0.25, 0.3) is 0 Å². The Balaban J connectivity index is 2.33. The highest BCUT2D eigenvalue weighted by atomic mass is 16.5. The smallest absolute Gasteiger partial charge is 0.245 e. The summed E-state index contributed by atoms with van der Waals surface area (Å²) >= 11 is 0. The summed E-state index contributed by atoms with van der Waals surface area (Å²) in [5, 5.41) is 6.11. The van der Waals surface area contributed by atoms with Crippen LogP contribution < -0.4 is 16.4 Å². The van der Waals surface area contributed by atoms with Crippen LogP contribution in [0.2, 0.25) is 0 Å². The van der Waals surface area contributed by atoms with E-state index < -0.39 is 48.3 Å². The molecule has 0 aliphatic carbocycles. The van der Waals surface area contributed by atoms with E-state index in [9.17, 15) is 19.2 Å². The first-order valence-electron chi connectivity index (χ1n) is 19.6. The van der Waals surface area contributed by atoms with Gasteiger partial charge in [-0.15, -0.1) is 0 Å². The number of nitrogens with one attached hydrogen (secondary N) is 2. The molecule has 1 heterocycles. The van der Waals surface area contributed by atoms with Crippen molar-refractivity contribution in [2.45, 2.75) is 129 Å². The highest BCUT2D eigenvalue weighted by molar-refractivity contribution is 5.90. The van der Waals surface area contributed by atoms with E-state index in [1.807, 2.05) is 97.8 Å². The fourth-order valence-electron chi connectivity index (χ4n) is 7.97. The molecule has 11 atom stereocenters. The van der Waals surface area contributed by atoms with Crippen LogP contribution in [0.15, 0.2) is 30.3 Å². The molecule has 1 fully saturated rings. The van der Waals surface area contributed by atoms with Crippen molar-refractivity contribution in [2.24, 2.45) is 29.4 Å². The lowest BCUT2D eigenvalue weighted by atomic mass is 9.89. The van der Waals surface area contributed by atoms with E-state index in [2.05, 4.69) is 10.6 Å². The first kappa shape index (κ1) is 47.1. The van der Waals surface area contributed by atoms with Crippen LogP contribution in [-0.4, -0.2) is 136 Å². The largest absolute Gasteiger partial charge is 0.380 e. The molecule has 13 heteroatoms. The average molecular weight is 761 g/mol. The van der Waals surface area contributed by atoms with Crippen LogP contribution in [0.5, 0.6) is 0 Å². The normalized spacial score (nSPS) is 21.2. The van der Waals surface area contributed by atoms with E-state index in [4.69, 9.17) is 19.9 Å². The van der Waals surface area contributed by atoms with Crippen molar-refractivity contribution in [1.82, 2.24) is 25.3 Å². The van der Waals surface area contributed by atoms with Crippen LogP contribution in [0, 0.1) is 23.7 Å². The third-order valence-corrected chi connectivity index (χ3v) is 11.4. The molecule has 1 aromatic carbocycles. The van der Waals surface area contributed by atoms with Crippen molar-refractivity contribution in [3.8, 4) is 0 Å². The van der Waals surface area contributed by atoms with Gasteiger partial charge < -0.3 is 40.4 Å². The average Bonchev–Trinajstić information content (AvgIpc) is 3.57. The molecule has 0 radical (unpaired) electrons. The lowest BCUT2D eigenvalue weighted by Gasteiger charge is -2.41. The van der Waals surface area contributed by atoms with Gasteiger partial charge >= 0.3 is 0 Å². The van der Waals surface area contributed by atoms with Crippen LogP contribution in [0.25, 0.3) is 0 Å². The number of hydrogen-bond acceptors (Lipinski definition) is 9. The van der Waals surface area contributed by atoms with Crippen molar-refractivity contribution in [3.63, 3.8) is 0 Å². The number of carbonyl (C=O) groups is 4. The number of ether oxygens (including phenoxy) is 3. The molecule has 1 saturated heterocycles. The van der Waals surface area contributed by atoms with Gasteiger partial charge in [-0.3, -0.25) is 24.1 Å². The third kappa shape index (κ3) is 11.9. The Labute approximate surface area is 325 Å². The molecular formula is C41H72N6O7. The van der Waals surface area contributed by atoms with Gasteiger partial charge in [-0.25, -0.2) is 0 Å². The fraction of sp³-hybridized carbons (Fsp3) is 0.756. The van der Waals surface area contributed by atoms with Gasteiger partial charge in [0.15, 0.2) is 0 Å². The lowest BCUT2D eigenvalue weighted by molar-refractivity contribution is -0.148. The van der Waals surface area contributed by atoms with Crippen LogP contribution in [0.4, 0.5) is 0 Å². The number of likely N-dealkylation sites (tertiary alicyclic amines) is 1. The lowest BCUT2D eigenvalue weighted by Crippen LogP contribution is -2.59. The summed E-state index contributed by atoms with van der Waals surface area (Å²) in [5.41, 5.74) is 7.40. The Morgan fingerprint density at radius 3 is 1.98 bits per heavy atom. The Morgan fingerprint density at radius 1 is 0.889 bits per heavy atom. The van der Waals surface area contributed by atoms with E-state index in [-0.39, 0.29) is 59.9 Å². The van der Waals surface area contributed by atoms with E-state index >= 15 is 0 Å². The predicted octanol–water partition coefficient (Wildman–Crippen LogP) is 3.46. The number of nitrogens with zero attached hydrogens (tertiary/aromatic N) is 3. The zero-order valence-corrected chi connectivity index (χ0v) is 35.5. The Morgan fingerprint density at radius 2 is 1.50 bits per heavy atom. The third-order valence-electron chi connectivity index (χ3n) is 11.4. The van der Waals surface area contributed by atoms with Gasteiger partial charge in [0.1, 0.15) is 6.04 Å². The number of hydrogen-bond donors (Lipinski definition) is 3. The summed E-state index contributed by atoms with van der Waals surface area (Å²) in [6.07, 6.45) is -0.322. The zero-order valence-electron chi connectivity index (χ0n) is 35.5. The van der Waals surface area contributed by atoms with Crippen LogP contribution in [0.3, 0.4) is 0 Å². The molecule has 4 N–H and O–H groups in total. The molecule has 4 amide bonds. The standard InChI is InChI=1S/C41H72N6O7/c1-15-26(6)37(46(11)41(51)35(24(2)3)44-40(50)36(25(4)5)45(9)10)32(53-13)22-33(48)47-23-30(52-12)21-31(47)38(54-14)27(7)39(49)43-28(8)34(42)29-19-17-16-18-20-29/h16-20,24-28,30-32,34-38H,15,21-23,42H2,1-14H3,(H,43,49)(H,44,50)/t26?,27-,28-,30?,31+,32-,34?,35?,36+,37+,38-/m1/s1. The molecule has 0 aromatic heterocycles. The number of amides is 4.